The van der Waals surface area contributed by atoms with Gasteiger partial charge in [0.25, 0.3) is 5.91 Å². The Morgan fingerprint density at radius 2 is 1.88 bits per heavy atom. The second-order valence-electron chi connectivity index (χ2n) is 5.62. The molecule has 0 saturated heterocycles. The van der Waals surface area contributed by atoms with Crippen LogP contribution in [0.4, 0.5) is 14.5 Å². The summed E-state index contributed by atoms with van der Waals surface area (Å²) >= 11 is 0. The fraction of sp³-hybridized carbons (Fsp3) is 0.222. The zero-order valence-electron chi connectivity index (χ0n) is 14.0. The van der Waals surface area contributed by atoms with Gasteiger partial charge in [0.2, 0.25) is 5.91 Å². The van der Waals surface area contributed by atoms with Gasteiger partial charge in [-0.05, 0) is 31.3 Å². The summed E-state index contributed by atoms with van der Waals surface area (Å²) in [5, 5.41) is 5.20. The molecule has 2 N–H and O–H groups in total. The number of halogens is 2. The van der Waals surface area contributed by atoms with Gasteiger partial charge >= 0.3 is 0 Å². The lowest BCUT2D eigenvalue weighted by atomic mass is 10.2. The number of amides is 2. The molecule has 0 atom stereocenters. The van der Waals surface area contributed by atoms with Crippen molar-refractivity contribution in [3.63, 3.8) is 0 Å². The van der Waals surface area contributed by atoms with Gasteiger partial charge in [0.1, 0.15) is 11.6 Å². The first-order valence-corrected chi connectivity index (χ1v) is 7.63. The Balaban J connectivity index is 1.94. The minimum absolute atomic E-state index is 0.0149. The highest BCUT2D eigenvalue weighted by molar-refractivity contribution is 5.97. The first-order valence-electron chi connectivity index (χ1n) is 7.63. The Labute approximate surface area is 144 Å². The van der Waals surface area contributed by atoms with E-state index in [1.54, 1.807) is 36.2 Å². The number of nitrogens with zero attached hydrogens (tertiary/aromatic N) is 1. The number of hydrogen-bond donors (Lipinski definition) is 2. The summed E-state index contributed by atoms with van der Waals surface area (Å²) in [6, 6.07) is 9.88. The lowest BCUT2D eigenvalue weighted by Gasteiger charge is -2.17. The number of carbonyl (C=O) groups is 2. The topological polar surface area (TPSA) is 61.4 Å². The third-order valence-electron chi connectivity index (χ3n) is 3.50. The summed E-state index contributed by atoms with van der Waals surface area (Å²) in [5.41, 5.74) is 1.23. The van der Waals surface area contributed by atoms with Crippen molar-refractivity contribution in [2.24, 2.45) is 0 Å². The van der Waals surface area contributed by atoms with Gasteiger partial charge in [-0.25, -0.2) is 8.78 Å². The van der Waals surface area contributed by atoms with Gasteiger partial charge in [0.15, 0.2) is 0 Å². The van der Waals surface area contributed by atoms with Crippen LogP contribution in [0.25, 0.3) is 0 Å². The SMILES string of the molecule is CNC(=O)c1cccc(NC(=O)CN(C)Cc2ccc(F)cc2F)c1. The molecule has 0 bridgehead atoms. The molecule has 2 aromatic rings. The smallest absolute Gasteiger partial charge is 0.251 e. The third-order valence-corrected chi connectivity index (χ3v) is 3.50. The molecular weight excluding hydrogens is 328 g/mol. The van der Waals surface area contributed by atoms with E-state index in [2.05, 4.69) is 10.6 Å². The molecule has 0 radical (unpaired) electrons. The summed E-state index contributed by atoms with van der Waals surface area (Å²) in [4.78, 5) is 25.3. The summed E-state index contributed by atoms with van der Waals surface area (Å²) in [6.07, 6.45) is 0. The largest absolute Gasteiger partial charge is 0.355 e. The van der Waals surface area contributed by atoms with E-state index in [1.165, 1.54) is 19.2 Å². The molecular formula is C18H19F2N3O2. The van der Waals surface area contributed by atoms with Crippen LogP contribution in [0.2, 0.25) is 0 Å². The van der Waals surface area contributed by atoms with E-state index >= 15 is 0 Å². The number of hydrogen-bond acceptors (Lipinski definition) is 3. The lowest BCUT2D eigenvalue weighted by molar-refractivity contribution is -0.117. The Kier molecular flexibility index (Phi) is 6.19. The standard InChI is InChI=1S/C18H19F2N3O2/c1-21-18(25)12-4-3-5-15(8-12)22-17(24)11-23(2)10-13-6-7-14(19)9-16(13)20/h3-9H,10-11H2,1-2H3,(H,21,25)(H,22,24). The molecule has 0 aliphatic heterocycles. The molecule has 0 aromatic heterocycles. The van der Waals surface area contributed by atoms with Crippen LogP contribution in [0, 0.1) is 11.6 Å². The second kappa shape index (κ2) is 8.34. The first-order chi connectivity index (χ1) is 11.9. The van der Waals surface area contributed by atoms with E-state index in [4.69, 9.17) is 0 Å². The Bertz CT molecular complexity index is 781. The average Bonchev–Trinajstić information content (AvgIpc) is 2.56. The van der Waals surface area contributed by atoms with Crippen LogP contribution < -0.4 is 10.6 Å². The fourth-order valence-corrected chi connectivity index (χ4v) is 2.32. The zero-order chi connectivity index (χ0) is 18.4. The summed E-state index contributed by atoms with van der Waals surface area (Å²) < 4.78 is 26.5. The van der Waals surface area contributed by atoms with Crippen LogP contribution in [0.1, 0.15) is 15.9 Å². The van der Waals surface area contributed by atoms with Crippen LogP contribution in [-0.2, 0) is 11.3 Å². The van der Waals surface area contributed by atoms with E-state index in [0.29, 0.717) is 16.8 Å². The van der Waals surface area contributed by atoms with Crippen molar-refractivity contribution in [1.82, 2.24) is 10.2 Å². The van der Waals surface area contributed by atoms with Gasteiger partial charge in [-0.15, -0.1) is 0 Å². The summed E-state index contributed by atoms with van der Waals surface area (Å²) in [7, 11) is 3.18. The minimum Gasteiger partial charge on any atom is -0.355 e. The van der Waals surface area contributed by atoms with Crippen LogP contribution in [0.5, 0.6) is 0 Å². The number of benzene rings is 2. The van der Waals surface area contributed by atoms with Gasteiger partial charge in [-0.1, -0.05) is 12.1 Å². The maximum atomic E-state index is 13.6. The zero-order valence-corrected chi connectivity index (χ0v) is 14.0. The number of carbonyl (C=O) groups excluding carboxylic acids is 2. The van der Waals surface area contributed by atoms with Crippen LogP contribution >= 0.6 is 0 Å². The van der Waals surface area contributed by atoms with Gasteiger partial charge in [0, 0.05) is 36.5 Å². The van der Waals surface area contributed by atoms with Crippen molar-refractivity contribution >= 4 is 17.5 Å². The predicted molar refractivity (Wildman–Crippen MR) is 91.2 cm³/mol. The lowest BCUT2D eigenvalue weighted by Crippen LogP contribution is -2.30. The molecule has 0 saturated carbocycles. The third kappa shape index (κ3) is 5.36. The maximum Gasteiger partial charge on any atom is 0.251 e. The molecule has 5 nitrogen and oxygen atoms in total. The quantitative estimate of drug-likeness (QED) is 0.844. The summed E-state index contributed by atoms with van der Waals surface area (Å²) in [5.74, 6) is -1.85. The van der Waals surface area contributed by atoms with Crippen LogP contribution in [-0.4, -0.2) is 37.4 Å². The van der Waals surface area contributed by atoms with Crippen molar-refractivity contribution < 1.29 is 18.4 Å². The van der Waals surface area contributed by atoms with Crippen LogP contribution in [0.15, 0.2) is 42.5 Å². The van der Waals surface area contributed by atoms with Gasteiger partial charge in [0.05, 0.1) is 6.54 Å². The van der Waals surface area contributed by atoms with Crippen molar-refractivity contribution in [2.75, 3.05) is 26.0 Å². The van der Waals surface area contributed by atoms with Crippen molar-refractivity contribution in [3.05, 3.63) is 65.2 Å². The van der Waals surface area contributed by atoms with E-state index in [0.717, 1.165) is 6.07 Å². The van der Waals surface area contributed by atoms with Gasteiger partial charge in [-0.2, -0.15) is 0 Å². The van der Waals surface area contributed by atoms with Crippen LogP contribution in [0.3, 0.4) is 0 Å². The molecule has 0 unspecified atom stereocenters. The van der Waals surface area contributed by atoms with E-state index in [9.17, 15) is 18.4 Å². The molecule has 2 amide bonds. The van der Waals surface area contributed by atoms with E-state index in [-0.39, 0.29) is 24.9 Å². The molecule has 2 aromatic carbocycles. The Morgan fingerprint density at radius 3 is 2.56 bits per heavy atom. The highest BCUT2D eigenvalue weighted by Gasteiger charge is 2.11. The molecule has 0 spiro atoms. The van der Waals surface area contributed by atoms with Gasteiger partial charge < -0.3 is 10.6 Å². The number of rotatable bonds is 6. The molecule has 0 heterocycles. The van der Waals surface area contributed by atoms with E-state index < -0.39 is 11.6 Å². The van der Waals surface area contributed by atoms with Gasteiger partial charge in [-0.3, -0.25) is 14.5 Å². The molecule has 2 rings (SSSR count). The van der Waals surface area contributed by atoms with Crippen molar-refractivity contribution in [2.45, 2.75) is 6.54 Å². The Hall–Kier alpha value is -2.80. The molecule has 132 valence electrons. The Morgan fingerprint density at radius 1 is 1.12 bits per heavy atom. The van der Waals surface area contributed by atoms with Crippen molar-refractivity contribution in [3.8, 4) is 0 Å². The minimum atomic E-state index is -0.648. The predicted octanol–water partition coefficient (Wildman–Crippen LogP) is 2.39. The number of likely N-dealkylation sites (N-methyl/N-ethyl adjacent to an activating group) is 1. The fourth-order valence-electron chi connectivity index (χ4n) is 2.32. The van der Waals surface area contributed by atoms with Crippen molar-refractivity contribution in [1.29, 1.82) is 0 Å². The maximum absolute atomic E-state index is 13.6. The normalized spacial score (nSPS) is 10.6. The molecule has 0 aliphatic rings. The highest BCUT2D eigenvalue weighted by atomic mass is 19.1. The monoisotopic (exact) mass is 347 g/mol. The van der Waals surface area contributed by atoms with E-state index in [1.807, 2.05) is 0 Å². The number of anilines is 1. The number of nitrogens with one attached hydrogen (secondary N) is 2. The molecule has 7 heteroatoms. The average molecular weight is 347 g/mol. The molecule has 25 heavy (non-hydrogen) atoms. The second-order valence-corrected chi connectivity index (χ2v) is 5.62. The summed E-state index contributed by atoms with van der Waals surface area (Å²) in [6.45, 7) is 0.179. The molecule has 0 aliphatic carbocycles. The molecule has 0 fully saturated rings. The first kappa shape index (κ1) is 18.5. The highest BCUT2D eigenvalue weighted by Crippen LogP contribution is 2.13.